The SMILES string of the molecule is CC1(C)OB(c2ccc3cc(Cl)cnc3c2)OC1(C)C. The summed E-state index contributed by atoms with van der Waals surface area (Å²) in [6.07, 6.45) is 1.65. The van der Waals surface area contributed by atoms with Crippen molar-refractivity contribution in [3.05, 3.63) is 35.5 Å². The number of hydrogen-bond donors (Lipinski definition) is 0. The normalized spacial score (nSPS) is 20.6. The van der Waals surface area contributed by atoms with Crippen LogP contribution in [0.2, 0.25) is 5.02 Å². The summed E-state index contributed by atoms with van der Waals surface area (Å²) in [6.45, 7) is 8.19. The Morgan fingerprint density at radius 1 is 1.05 bits per heavy atom. The molecule has 0 unspecified atom stereocenters. The molecule has 1 aromatic heterocycles. The first-order valence-corrected chi connectivity index (χ1v) is 7.07. The van der Waals surface area contributed by atoms with E-state index in [2.05, 4.69) is 4.98 Å². The molecular weight excluding hydrogens is 272 g/mol. The van der Waals surface area contributed by atoms with Gasteiger partial charge in [-0.1, -0.05) is 23.7 Å². The lowest BCUT2D eigenvalue weighted by atomic mass is 9.79. The van der Waals surface area contributed by atoms with Crippen LogP contribution in [0.5, 0.6) is 0 Å². The molecular formula is C15H17BClNO2. The van der Waals surface area contributed by atoms with E-state index in [0.717, 1.165) is 16.4 Å². The number of pyridine rings is 1. The maximum absolute atomic E-state index is 6.05. The second-order valence-electron chi connectivity index (χ2n) is 6.19. The Morgan fingerprint density at radius 3 is 2.35 bits per heavy atom. The average Bonchev–Trinajstić information content (AvgIpc) is 2.58. The summed E-state index contributed by atoms with van der Waals surface area (Å²) >= 11 is 5.95. The zero-order chi connectivity index (χ0) is 14.5. The van der Waals surface area contributed by atoms with Crippen molar-refractivity contribution in [3.63, 3.8) is 0 Å². The van der Waals surface area contributed by atoms with Gasteiger partial charge in [-0.3, -0.25) is 4.98 Å². The van der Waals surface area contributed by atoms with Crippen LogP contribution in [0.1, 0.15) is 27.7 Å². The molecule has 20 heavy (non-hydrogen) atoms. The molecule has 3 rings (SSSR count). The van der Waals surface area contributed by atoms with E-state index in [0.29, 0.717) is 5.02 Å². The minimum absolute atomic E-state index is 0.333. The molecule has 3 nitrogen and oxygen atoms in total. The monoisotopic (exact) mass is 289 g/mol. The van der Waals surface area contributed by atoms with Crippen molar-refractivity contribution in [1.82, 2.24) is 4.98 Å². The first-order valence-electron chi connectivity index (χ1n) is 6.69. The molecule has 0 bridgehead atoms. The van der Waals surface area contributed by atoms with Crippen LogP contribution in [-0.4, -0.2) is 23.3 Å². The molecule has 104 valence electrons. The third-order valence-corrected chi connectivity index (χ3v) is 4.41. The van der Waals surface area contributed by atoms with Gasteiger partial charge in [0.25, 0.3) is 0 Å². The Hall–Kier alpha value is -1.10. The molecule has 0 N–H and O–H groups in total. The fourth-order valence-corrected chi connectivity index (χ4v) is 2.40. The fraction of sp³-hybridized carbons (Fsp3) is 0.400. The molecule has 0 radical (unpaired) electrons. The lowest BCUT2D eigenvalue weighted by Gasteiger charge is -2.32. The number of benzene rings is 1. The zero-order valence-corrected chi connectivity index (χ0v) is 12.9. The highest BCUT2D eigenvalue weighted by atomic mass is 35.5. The molecule has 0 spiro atoms. The third kappa shape index (κ3) is 2.22. The third-order valence-electron chi connectivity index (χ3n) is 4.20. The van der Waals surface area contributed by atoms with Gasteiger partial charge in [-0.05, 0) is 45.3 Å². The van der Waals surface area contributed by atoms with Gasteiger partial charge in [-0.25, -0.2) is 0 Å². The van der Waals surface area contributed by atoms with Gasteiger partial charge in [-0.2, -0.15) is 0 Å². The molecule has 0 amide bonds. The van der Waals surface area contributed by atoms with Crippen LogP contribution in [0.4, 0.5) is 0 Å². The van der Waals surface area contributed by atoms with Gasteiger partial charge in [0.1, 0.15) is 0 Å². The number of hydrogen-bond acceptors (Lipinski definition) is 3. The summed E-state index contributed by atoms with van der Waals surface area (Å²) in [4.78, 5) is 4.34. The topological polar surface area (TPSA) is 31.4 Å². The summed E-state index contributed by atoms with van der Waals surface area (Å²) < 4.78 is 12.1. The van der Waals surface area contributed by atoms with Crippen molar-refractivity contribution in [2.24, 2.45) is 0 Å². The van der Waals surface area contributed by atoms with Gasteiger partial charge < -0.3 is 9.31 Å². The molecule has 5 heteroatoms. The second kappa shape index (κ2) is 4.45. The van der Waals surface area contributed by atoms with Gasteiger partial charge >= 0.3 is 7.12 Å². The highest BCUT2D eigenvalue weighted by molar-refractivity contribution is 6.62. The number of aromatic nitrogens is 1. The van der Waals surface area contributed by atoms with Crippen LogP contribution in [0, 0.1) is 0 Å². The Bertz CT molecular complexity index is 656. The first kappa shape index (κ1) is 13.9. The second-order valence-corrected chi connectivity index (χ2v) is 6.63. The summed E-state index contributed by atoms with van der Waals surface area (Å²) in [6, 6.07) is 7.89. The molecule has 2 heterocycles. The number of rotatable bonds is 1. The van der Waals surface area contributed by atoms with Crippen LogP contribution >= 0.6 is 11.6 Å². The highest BCUT2D eigenvalue weighted by Gasteiger charge is 2.51. The largest absolute Gasteiger partial charge is 0.494 e. The molecule has 0 aliphatic carbocycles. The van der Waals surface area contributed by atoms with Gasteiger partial charge in [0.05, 0.1) is 21.7 Å². The van der Waals surface area contributed by atoms with Crippen molar-refractivity contribution in [1.29, 1.82) is 0 Å². The summed E-state index contributed by atoms with van der Waals surface area (Å²) in [5.74, 6) is 0. The summed E-state index contributed by atoms with van der Waals surface area (Å²) in [7, 11) is -0.359. The fourth-order valence-electron chi connectivity index (χ4n) is 2.24. The van der Waals surface area contributed by atoms with E-state index in [1.165, 1.54) is 0 Å². The number of halogens is 1. The lowest BCUT2D eigenvalue weighted by molar-refractivity contribution is 0.00578. The zero-order valence-electron chi connectivity index (χ0n) is 12.1. The van der Waals surface area contributed by atoms with E-state index >= 15 is 0 Å². The van der Waals surface area contributed by atoms with E-state index in [-0.39, 0.29) is 18.3 Å². The molecule has 1 saturated heterocycles. The van der Waals surface area contributed by atoms with Crippen molar-refractivity contribution in [2.45, 2.75) is 38.9 Å². The van der Waals surface area contributed by atoms with E-state index in [4.69, 9.17) is 20.9 Å². The summed E-state index contributed by atoms with van der Waals surface area (Å²) in [5.41, 5.74) is 1.20. The molecule has 1 aliphatic rings. The maximum Gasteiger partial charge on any atom is 0.494 e. The first-order chi connectivity index (χ1) is 9.28. The Balaban J connectivity index is 1.98. The average molecular weight is 290 g/mol. The van der Waals surface area contributed by atoms with E-state index in [9.17, 15) is 0 Å². The molecule has 0 saturated carbocycles. The predicted molar refractivity (Wildman–Crippen MR) is 82.5 cm³/mol. The Kier molecular flexibility index (Phi) is 3.09. The molecule has 1 aromatic carbocycles. The smallest absolute Gasteiger partial charge is 0.399 e. The van der Waals surface area contributed by atoms with Crippen LogP contribution in [-0.2, 0) is 9.31 Å². The quantitative estimate of drug-likeness (QED) is 0.756. The van der Waals surface area contributed by atoms with Gasteiger partial charge in [-0.15, -0.1) is 0 Å². The van der Waals surface area contributed by atoms with Crippen LogP contribution in [0.3, 0.4) is 0 Å². The van der Waals surface area contributed by atoms with Crippen molar-refractivity contribution in [3.8, 4) is 0 Å². The van der Waals surface area contributed by atoms with Crippen molar-refractivity contribution in [2.75, 3.05) is 0 Å². The summed E-state index contributed by atoms with van der Waals surface area (Å²) in [5, 5.41) is 1.65. The minimum Gasteiger partial charge on any atom is -0.399 e. The Morgan fingerprint density at radius 2 is 1.70 bits per heavy atom. The van der Waals surface area contributed by atoms with Crippen LogP contribution in [0.15, 0.2) is 30.5 Å². The van der Waals surface area contributed by atoms with Crippen molar-refractivity contribution < 1.29 is 9.31 Å². The maximum atomic E-state index is 6.05. The van der Waals surface area contributed by atoms with Crippen LogP contribution < -0.4 is 5.46 Å². The van der Waals surface area contributed by atoms with Gasteiger partial charge in [0.2, 0.25) is 0 Å². The van der Waals surface area contributed by atoms with E-state index < -0.39 is 0 Å². The number of nitrogens with zero attached hydrogens (tertiary/aromatic N) is 1. The molecule has 2 aromatic rings. The number of fused-ring (bicyclic) bond motifs is 1. The van der Waals surface area contributed by atoms with E-state index in [1.54, 1.807) is 6.20 Å². The predicted octanol–water partition coefficient (Wildman–Crippen LogP) is 3.19. The molecule has 1 aliphatic heterocycles. The van der Waals surface area contributed by atoms with Gasteiger partial charge in [0.15, 0.2) is 0 Å². The molecule has 1 fully saturated rings. The van der Waals surface area contributed by atoms with Gasteiger partial charge in [0, 0.05) is 11.6 Å². The van der Waals surface area contributed by atoms with Crippen LogP contribution in [0.25, 0.3) is 10.9 Å². The molecule has 0 atom stereocenters. The van der Waals surface area contributed by atoms with Crippen molar-refractivity contribution >= 4 is 35.1 Å². The standard InChI is InChI=1S/C15H17BClNO2/c1-14(2)15(3,4)20-16(19-14)11-6-5-10-7-12(17)9-18-13(10)8-11/h5-9H,1-4H3. The lowest BCUT2D eigenvalue weighted by Crippen LogP contribution is -2.41. The van der Waals surface area contributed by atoms with E-state index in [1.807, 2.05) is 52.0 Å². The highest BCUT2D eigenvalue weighted by Crippen LogP contribution is 2.36. The Labute approximate surface area is 124 Å². The minimum atomic E-state index is -0.359.